The van der Waals surface area contributed by atoms with E-state index in [1.54, 1.807) is 30.3 Å². The van der Waals surface area contributed by atoms with Crippen molar-refractivity contribution in [3.05, 3.63) is 82.0 Å². The van der Waals surface area contributed by atoms with Gasteiger partial charge in [-0.15, -0.1) is 0 Å². The van der Waals surface area contributed by atoms with E-state index < -0.39 is 11.5 Å². The van der Waals surface area contributed by atoms with Gasteiger partial charge in [0.25, 0.3) is 5.91 Å². The zero-order valence-electron chi connectivity index (χ0n) is 14.8. The van der Waals surface area contributed by atoms with E-state index in [0.29, 0.717) is 16.7 Å². The van der Waals surface area contributed by atoms with Gasteiger partial charge in [-0.25, -0.2) is 4.79 Å². The molecule has 0 aliphatic carbocycles. The number of fused-ring (bicyclic) bond motifs is 1. The first-order valence-electron chi connectivity index (χ1n) is 8.40. The van der Waals surface area contributed by atoms with Gasteiger partial charge in [0.15, 0.2) is 0 Å². The summed E-state index contributed by atoms with van der Waals surface area (Å²) in [6.45, 7) is 3.73. The number of hydrogen-bond donors (Lipinski definition) is 1. The summed E-state index contributed by atoms with van der Waals surface area (Å²) in [5.41, 5.74) is 2.99. The van der Waals surface area contributed by atoms with Crippen molar-refractivity contribution in [2.24, 2.45) is 0 Å². The van der Waals surface area contributed by atoms with Gasteiger partial charge < -0.3 is 14.3 Å². The maximum Gasteiger partial charge on any atom is 0.349 e. The van der Waals surface area contributed by atoms with Crippen molar-refractivity contribution in [2.75, 3.05) is 5.32 Å². The minimum absolute atomic E-state index is 0.0384. The van der Waals surface area contributed by atoms with E-state index in [-0.39, 0.29) is 5.56 Å². The fourth-order valence-electron chi connectivity index (χ4n) is 3.03. The first-order valence-corrected chi connectivity index (χ1v) is 8.40. The lowest BCUT2D eigenvalue weighted by Crippen LogP contribution is -2.20. The summed E-state index contributed by atoms with van der Waals surface area (Å²) in [4.78, 5) is 24.6. The van der Waals surface area contributed by atoms with Gasteiger partial charge in [0.05, 0.1) is 5.69 Å². The Bertz CT molecular complexity index is 1180. The molecular formula is C21H16N2O4. The molecule has 0 bridgehead atoms. The highest BCUT2D eigenvalue weighted by Gasteiger charge is 2.15. The van der Waals surface area contributed by atoms with E-state index in [2.05, 4.69) is 10.5 Å². The lowest BCUT2D eigenvalue weighted by atomic mass is 10.0. The molecule has 0 aliphatic heterocycles. The number of nitrogens with zero attached hydrogens (tertiary/aromatic N) is 1. The van der Waals surface area contributed by atoms with Crippen LogP contribution in [-0.2, 0) is 0 Å². The molecule has 2 heterocycles. The molecule has 0 saturated heterocycles. The molecule has 0 spiro atoms. The van der Waals surface area contributed by atoms with E-state index >= 15 is 0 Å². The zero-order valence-corrected chi connectivity index (χ0v) is 14.8. The molecule has 2 aromatic carbocycles. The summed E-state index contributed by atoms with van der Waals surface area (Å²) in [6.07, 6.45) is 0. The van der Waals surface area contributed by atoms with Gasteiger partial charge in [-0.05, 0) is 43.7 Å². The molecule has 1 N–H and O–H groups in total. The van der Waals surface area contributed by atoms with Gasteiger partial charge in [-0.2, -0.15) is 0 Å². The number of anilines is 1. The fourth-order valence-corrected chi connectivity index (χ4v) is 3.03. The van der Waals surface area contributed by atoms with Crippen molar-refractivity contribution in [2.45, 2.75) is 13.8 Å². The number of hydrogen-bond acceptors (Lipinski definition) is 5. The van der Waals surface area contributed by atoms with Crippen LogP contribution >= 0.6 is 0 Å². The largest absolute Gasteiger partial charge is 0.422 e. The number of rotatable bonds is 3. The third-order valence-corrected chi connectivity index (χ3v) is 4.35. The molecule has 0 unspecified atom stereocenters. The van der Waals surface area contributed by atoms with Crippen LogP contribution in [-0.4, -0.2) is 11.1 Å². The number of aryl methyl sites for hydroxylation is 2. The molecule has 134 valence electrons. The molecule has 1 amide bonds. The second kappa shape index (κ2) is 6.57. The van der Waals surface area contributed by atoms with E-state index in [0.717, 1.165) is 22.6 Å². The van der Waals surface area contributed by atoms with Gasteiger partial charge >= 0.3 is 5.63 Å². The van der Waals surface area contributed by atoms with Crippen molar-refractivity contribution in [1.82, 2.24) is 5.16 Å². The number of carbonyl (C=O) groups is 1. The number of para-hydroxylation sites is 1. The Morgan fingerprint density at radius 2 is 1.78 bits per heavy atom. The van der Waals surface area contributed by atoms with Gasteiger partial charge in [-0.3, -0.25) is 4.79 Å². The molecule has 27 heavy (non-hydrogen) atoms. The van der Waals surface area contributed by atoms with E-state index in [1.165, 1.54) is 6.07 Å². The summed E-state index contributed by atoms with van der Waals surface area (Å²) in [6, 6.07) is 15.9. The third kappa shape index (κ3) is 3.13. The van der Waals surface area contributed by atoms with Gasteiger partial charge in [0, 0.05) is 16.6 Å². The number of aromatic nitrogens is 1. The highest BCUT2D eigenvalue weighted by Crippen LogP contribution is 2.27. The molecule has 0 radical (unpaired) electrons. The maximum atomic E-state index is 12.5. The Balaban J connectivity index is 1.60. The lowest BCUT2D eigenvalue weighted by Gasteiger charge is -2.07. The van der Waals surface area contributed by atoms with Crippen molar-refractivity contribution in [1.29, 1.82) is 0 Å². The average Bonchev–Trinajstić information content (AvgIpc) is 3.00. The molecule has 0 aliphatic rings. The average molecular weight is 360 g/mol. The lowest BCUT2D eigenvalue weighted by molar-refractivity contribution is 0.102. The second-order valence-corrected chi connectivity index (χ2v) is 6.22. The first-order chi connectivity index (χ1) is 13.0. The van der Waals surface area contributed by atoms with Crippen LogP contribution in [0.4, 0.5) is 5.69 Å². The van der Waals surface area contributed by atoms with E-state index in [9.17, 15) is 9.59 Å². The highest BCUT2D eigenvalue weighted by molar-refractivity contribution is 6.05. The van der Waals surface area contributed by atoms with Crippen LogP contribution in [0.2, 0.25) is 0 Å². The Morgan fingerprint density at radius 1 is 1.04 bits per heavy atom. The van der Waals surface area contributed by atoms with Crippen LogP contribution in [0.5, 0.6) is 0 Å². The minimum Gasteiger partial charge on any atom is -0.422 e. The van der Waals surface area contributed by atoms with Crippen LogP contribution in [0.15, 0.2) is 68.3 Å². The number of amides is 1. The molecule has 6 nitrogen and oxygen atoms in total. The standard InChI is InChI=1S/C21H16N2O4/c1-12-19(13(2)27-23-12)14-7-9-16(10-8-14)22-20(24)17-11-15-5-3-4-6-18(15)26-21(17)25/h3-11H,1-2H3,(H,22,24). The van der Waals surface area contributed by atoms with Crippen molar-refractivity contribution in [3.8, 4) is 11.1 Å². The fraction of sp³-hybridized carbons (Fsp3) is 0.0952. The Labute approximate surface area is 154 Å². The molecule has 0 saturated carbocycles. The van der Waals surface area contributed by atoms with Crippen molar-refractivity contribution < 1.29 is 13.7 Å². The highest BCUT2D eigenvalue weighted by atomic mass is 16.5. The molecule has 4 rings (SSSR count). The Kier molecular flexibility index (Phi) is 4.08. The summed E-state index contributed by atoms with van der Waals surface area (Å²) >= 11 is 0. The molecule has 6 heteroatoms. The second-order valence-electron chi connectivity index (χ2n) is 6.22. The number of nitrogens with one attached hydrogen (secondary N) is 1. The van der Waals surface area contributed by atoms with Crippen molar-refractivity contribution in [3.63, 3.8) is 0 Å². The number of carbonyl (C=O) groups excluding carboxylic acids is 1. The van der Waals surface area contributed by atoms with Gasteiger partial charge in [0.1, 0.15) is 16.9 Å². The summed E-state index contributed by atoms with van der Waals surface area (Å²) in [5, 5.41) is 7.37. The molecule has 2 aromatic heterocycles. The van der Waals surface area contributed by atoms with Crippen LogP contribution in [0.25, 0.3) is 22.1 Å². The van der Waals surface area contributed by atoms with Crippen LogP contribution in [0.1, 0.15) is 21.8 Å². The minimum atomic E-state index is -0.668. The smallest absolute Gasteiger partial charge is 0.349 e. The quantitative estimate of drug-likeness (QED) is 0.550. The monoisotopic (exact) mass is 360 g/mol. The predicted molar refractivity (Wildman–Crippen MR) is 102 cm³/mol. The summed E-state index contributed by atoms with van der Waals surface area (Å²) in [7, 11) is 0. The summed E-state index contributed by atoms with van der Waals surface area (Å²) in [5.74, 6) is 0.220. The number of benzene rings is 2. The van der Waals surface area contributed by atoms with Gasteiger partial charge in [-0.1, -0.05) is 35.5 Å². The van der Waals surface area contributed by atoms with Gasteiger partial charge in [0.2, 0.25) is 0 Å². The molecule has 0 fully saturated rings. The molecular weight excluding hydrogens is 344 g/mol. The topological polar surface area (TPSA) is 85.3 Å². The maximum absolute atomic E-state index is 12.5. The Hall–Kier alpha value is -3.67. The first kappa shape index (κ1) is 16.8. The molecule has 4 aromatic rings. The van der Waals surface area contributed by atoms with Crippen molar-refractivity contribution >= 4 is 22.6 Å². The normalized spacial score (nSPS) is 10.9. The van der Waals surface area contributed by atoms with Crippen LogP contribution < -0.4 is 10.9 Å². The van der Waals surface area contributed by atoms with Crippen LogP contribution in [0, 0.1) is 13.8 Å². The summed E-state index contributed by atoms with van der Waals surface area (Å²) < 4.78 is 10.4. The van der Waals surface area contributed by atoms with E-state index in [1.807, 2.05) is 32.0 Å². The zero-order chi connectivity index (χ0) is 19.0. The molecule has 0 atom stereocenters. The SMILES string of the molecule is Cc1noc(C)c1-c1ccc(NC(=O)c2cc3ccccc3oc2=O)cc1. The Morgan fingerprint density at radius 3 is 2.48 bits per heavy atom. The van der Waals surface area contributed by atoms with E-state index in [4.69, 9.17) is 8.94 Å². The third-order valence-electron chi connectivity index (χ3n) is 4.35. The van der Waals surface area contributed by atoms with Crippen LogP contribution in [0.3, 0.4) is 0 Å². The predicted octanol–water partition coefficient (Wildman–Crippen LogP) is 4.32.